The van der Waals surface area contributed by atoms with E-state index in [9.17, 15) is 0 Å². The largest absolute Gasteiger partial charge is 0.411 e. The lowest BCUT2D eigenvalue weighted by atomic mass is 10.2. The Bertz CT molecular complexity index is 677. The Morgan fingerprint density at radius 2 is 2.05 bits per heavy atom. The van der Waals surface area contributed by atoms with Crippen LogP contribution < -0.4 is 0 Å². The molecule has 3 aromatic rings. The van der Waals surface area contributed by atoms with Crippen molar-refractivity contribution in [3.05, 3.63) is 48.3 Å². The zero-order valence-corrected chi connectivity index (χ0v) is 11.9. The fourth-order valence-electron chi connectivity index (χ4n) is 1.75. The summed E-state index contributed by atoms with van der Waals surface area (Å²) < 4.78 is 7.47. The van der Waals surface area contributed by atoms with E-state index >= 15 is 0 Å². The average Bonchev–Trinajstić information content (AvgIpc) is 3.15. The van der Waals surface area contributed by atoms with Gasteiger partial charge in [0.15, 0.2) is 0 Å². The minimum Gasteiger partial charge on any atom is -0.411 e. The molecular formula is C14H14N4OS. The molecule has 0 radical (unpaired) electrons. The highest BCUT2D eigenvalue weighted by molar-refractivity contribution is 7.98. The van der Waals surface area contributed by atoms with Crippen LogP contribution in [0.4, 0.5) is 0 Å². The maximum absolute atomic E-state index is 5.64. The summed E-state index contributed by atoms with van der Waals surface area (Å²) in [5.41, 5.74) is 2.09. The molecule has 0 N–H and O–H groups in total. The molecule has 0 bridgehead atoms. The molecule has 0 fully saturated rings. The molecule has 0 spiro atoms. The average molecular weight is 286 g/mol. The lowest BCUT2D eigenvalue weighted by molar-refractivity contribution is 0.466. The molecule has 20 heavy (non-hydrogen) atoms. The van der Waals surface area contributed by atoms with Crippen LogP contribution in [0.5, 0.6) is 0 Å². The summed E-state index contributed by atoms with van der Waals surface area (Å²) in [4.78, 5) is 0. The molecule has 0 atom stereocenters. The van der Waals surface area contributed by atoms with Crippen LogP contribution in [0.1, 0.15) is 12.5 Å². The van der Waals surface area contributed by atoms with E-state index in [-0.39, 0.29) is 0 Å². The van der Waals surface area contributed by atoms with Gasteiger partial charge in [0.05, 0.1) is 11.8 Å². The number of hydrogen-bond donors (Lipinski definition) is 0. The fourth-order valence-corrected chi connectivity index (χ4v) is 2.47. The Balaban J connectivity index is 1.67. The van der Waals surface area contributed by atoms with E-state index in [0.29, 0.717) is 11.1 Å². The highest BCUT2D eigenvalue weighted by Crippen LogP contribution is 2.25. The zero-order chi connectivity index (χ0) is 13.8. The van der Waals surface area contributed by atoms with Gasteiger partial charge in [-0.05, 0) is 12.5 Å². The number of rotatable bonds is 5. The Morgan fingerprint density at radius 3 is 2.80 bits per heavy atom. The van der Waals surface area contributed by atoms with Crippen LogP contribution in [0.15, 0.2) is 52.4 Å². The molecule has 0 saturated carbocycles. The molecule has 102 valence electrons. The SMILES string of the molecule is CCn1cc(-c2nnc(SCc3ccccc3)o2)cn1. The third kappa shape index (κ3) is 2.91. The molecule has 5 nitrogen and oxygen atoms in total. The van der Waals surface area contributed by atoms with E-state index in [2.05, 4.69) is 27.4 Å². The highest BCUT2D eigenvalue weighted by atomic mass is 32.2. The van der Waals surface area contributed by atoms with Crippen molar-refractivity contribution in [2.45, 2.75) is 24.4 Å². The van der Waals surface area contributed by atoms with E-state index in [0.717, 1.165) is 17.9 Å². The van der Waals surface area contributed by atoms with Gasteiger partial charge in [-0.2, -0.15) is 5.10 Å². The Kier molecular flexibility index (Phi) is 3.83. The van der Waals surface area contributed by atoms with Crippen molar-refractivity contribution in [1.29, 1.82) is 0 Å². The van der Waals surface area contributed by atoms with Crippen molar-refractivity contribution in [2.75, 3.05) is 0 Å². The van der Waals surface area contributed by atoms with Gasteiger partial charge in [0.2, 0.25) is 0 Å². The van der Waals surface area contributed by atoms with Gasteiger partial charge in [0.25, 0.3) is 11.1 Å². The molecule has 3 rings (SSSR count). The maximum Gasteiger partial charge on any atom is 0.277 e. The predicted octanol–water partition coefficient (Wildman–Crippen LogP) is 3.25. The molecule has 0 aliphatic rings. The van der Waals surface area contributed by atoms with Crippen LogP contribution in [0.25, 0.3) is 11.5 Å². The summed E-state index contributed by atoms with van der Waals surface area (Å²) in [5, 5.41) is 12.9. The summed E-state index contributed by atoms with van der Waals surface area (Å²) >= 11 is 1.53. The first-order valence-corrected chi connectivity index (χ1v) is 7.37. The van der Waals surface area contributed by atoms with Gasteiger partial charge in [-0.25, -0.2) is 0 Å². The van der Waals surface area contributed by atoms with E-state index in [1.54, 1.807) is 6.20 Å². The number of aromatic nitrogens is 4. The van der Waals surface area contributed by atoms with Crippen molar-refractivity contribution in [2.24, 2.45) is 0 Å². The Hall–Kier alpha value is -2.08. The molecule has 6 heteroatoms. The van der Waals surface area contributed by atoms with Gasteiger partial charge >= 0.3 is 0 Å². The number of benzene rings is 1. The maximum atomic E-state index is 5.64. The Morgan fingerprint density at radius 1 is 1.20 bits per heavy atom. The second-order valence-corrected chi connectivity index (χ2v) is 5.16. The van der Waals surface area contributed by atoms with Crippen molar-refractivity contribution in [3.8, 4) is 11.5 Å². The minimum absolute atomic E-state index is 0.514. The van der Waals surface area contributed by atoms with Gasteiger partial charge in [0, 0.05) is 18.5 Å². The summed E-state index contributed by atoms with van der Waals surface area (Å²) in [6.45, 7) is 2.86. The molecule has 0 unspecified atom stereocenters. The zero-order valence-electron chi connectivity index (χ0n) is 11.1. The van der Waals surface area contributed by atoms with E-state index in [4.69, 9.17) is 4.42 Å². The van der Waals surface area contributed by atoms with Gasteiger partial charge in [0.1, 0.15) is 0 Å². The molecule has 0 aliphatic carbocycles. The van der Waals surface area contributed by atoms with Crippen molar-refractivity contribution in [1.82, 2.24) is 20.0 Å². The highest BCUT2D eigenvalue weighted by Gasteiger charge is 2.10. The first kappa shape index (κ1) is 12.9. The third-order valence-corrected chi connectivity index (χ3v) is 3.71. The van der Waals surface area contributed by atoms with Crippen LogP contribution in [0.3, 0.4) is 0 Å². The lowest BCUT2D eigenvalue weighted by Gasteiger charge is -1.96. The first-order chi connectivity index (χ1) is 9.85. The normalized spacial score (nSPS) is 10.8. The molecular weight excluding hydrogens is 272 g/mol. The predicted molar refractivity (Wildman–Crippen MR) is 77.2 cm³/mol. The van der Waals surface area contributed by atoms with Crippen molar-refractivity contribution >= 4 is 11.8 Å². The van der Waals surface area contributed by atoms with E-state index in [1.807, 2.05) is 36.0 Å². The van der Waals surface area contributed by atoms with Gasteiger partial charge in [-0.15, -0.1) is 10.2 Å². The molecule has 0 amide bonds. The first-order valence-electron chi connectivity index (χ1n) is 6.38. The molecule has 2 aromatic heterocycles. The standard InChI is InChI=1S/C14H14N4OS/c1-2-18-9-12(8-15-18)13-16-17-14(19-13)20-10-11-6-4-3-5-7-11/h3-9H,2,10H2,1H3. The van der Waals surface area contributed by atoms with Gasteiger partial charge < -0.3 is 4.42 Å². The second-order valence-electron chi connectivity index (χ2n) is 4.23. The van der Waals surface area contributed by atoms with Crippen LogP contribution in [-0.4, -0.2) is 20.0 Å². The van der Waals surface area contributed by atoms with E-state index < -0.39 is 0 Å². The van der Waals surface area contributed by atoms with Crippen molar-refractivity contribution in [3.63, 3.8) is 0 Å². The number of thioether (sulfide) groups is 1. The molecule has 0 saturated heterocycles. The summed E-state index contributed by atoms with van der Waals surface area (Å²) in [7, 11) is 0. The monoisotopic (exact) mass is 286 g/mol. The summed E-state index contributed by atoms with van der Waals surface area (Å²) in [5.74, 6) is 1.33. The minimum atomic E-state index is 0.514. The fraction of sp³-hybridized carbons (Fsp3) is 0.214. The summed E-state index contributed by atoms with van der Waals surface area (Å²) in [6, 6.07) is 10.2. The van der Waals surface area contributed by atoms with Crippen LogP contribution in [0, 0.1) is 0 Å². The molecule has 0 aliphatic heterocycles. The molecule has 1 aromatic carbocycles. The number of nitrogens with zero attached hydrogens (tertiary/aromatic N) is 4. The quantitative estimate of drug-likeness (QED) is 0.674. The van der Waals surface area contributed by atoms with Crippen LogP contribution >= 0.6 is 11.8 Å². The van der Waals surface area contributed by atoms with Gasteiger partial charge in [-0.3, -0.25) is 4.68 Å². The van der Waals surface area contributed by atoms with Gasteiger partial charge in [-0.1, -0.05) is 42.1 Å². The third-order valence-electron chi connectivity index (χ3n) is 2.82. The molecule has 2 heterocycles. The Labute approximate surface area is 121 Å². The smallest absolute Gasteiger partial charge is 0.277 e. The number of hydrogen-bond acceptors (Lipinski definition) is 5. The summed E-state index contributed by atoms with van der Waals surface area (Å²) in [6.07, 6.45) is 3.64. The second kappa shape index (κ2) is 5.92. The van der Waals surface area contributed by atoms with Crippen LogP contribution in [0.2, 0.25) is 0 Å². The van der Waals surface area contributed by atoms with E-state index in [1.165, 1.54) is 17.3 Å². The lowest BCUT2D eigenvalue weighted by Crippen LogP contribution is -1.91. The topological polar surface area (TPSA) is 56.7 Å². The van der Waals surface area contributed by atoms with Crippen LogP contribution in [-0.2, 0) is 12.3 Å². The van der Waals surface area contributed by atoms with Crippen molar-refractivity contribution < 1.29 is 4.42 Å². The number of aryl methyl sites for hydroxylation is 1.